The highest BCUT2D eigenvalue weighted by atomic mass is 35.5. The van der Waals surface area contributed by atoms with Gasteiger partial charge in [-0.05, 0) is 35.9 Å². The number of H-pyrrole nitrogens is 1. The number of nitrogens with one attached hydrogen (secondary N) is 2. The van der Waals surface area contributed by atoms with Crippen molar-refractivity contribution in [1.29, 1.82) is 0 Å². The van der Waals surface area contributed by atoms with Gasteiger partial charge < -0.3 is 15.8 Å². The second-order valence-electron chi connectivity index (χ2n) is 6.62. The van der Waals surface area contributed by atoms with Crippen LogP contribution < -0.4 is 10.5 Å². The van der Waals surface area contributed by atoms with Crippen molar-refractivity contribution in [3.8, 4) is 17.0 Å². The standard InChI is InChI=1S/C21H16ClN3O4S/c22-17-11-15(10-16(20(17)26)21(23)27)30(28,29)25-14-7-6-13-8-18(24-19(13)9-14)12-4-2-1-3-5-12/h1-11,24-26H,(H2,23,27). The average molecular weight is 442 g/mol. The first-order valence-corrected chi connectivity index (χ1v) is 10.6. The Morgan fingerprint density at radius 1 is 1.03 bits per heavy atom. The van der Waals surface area contributed by atoms with E-state index in [1.807, 2.05) is 36.4 Å². The van der Waals surface area contributed by atoms with E-state index in [9.17, 15) is 18.3 Å². The first kappa shape index (κ1) is 19.8. The van der Waals surface area contributed by atoms with Crippen LogP contribution in [-0.2, 0) is 10.0 Å². The SMILES string of the molecule is NC(=O)c1cc(S(=O)(=O)Nc2ccc3cc(-c4ccccc4)[nH]c3c2)cc(Cl)c1O. The third-order valence-corrected chi connectivity index (χ3v) is 6.22. The van der Waals surface area contributed by atoms with Crippen LogP contribution in [-0.4, -0.2) is 24.4 Å². The summed E-state index contributed by atoms with van der Waals surface area (Å²) in [4.78, 5) is 14.4. The van der Waals surface area contributed by atoms with Crippen molar-refractivity contribution in [3.05, 3.63) is 77.3 Å². The van der Waals surface area contributed by atoms with Crippen LogP contribution in [0.2, 0.25) is 5.02 Å². The predicted molar refractivity (Wildman–Crippen MR) is 116 cm³/mol. The Balaban J connectivity index is 1.69. The highest BCUT2D eigenvalue weighted by molar-refractivity contribution is 7.92. The van der Waals surface area contributed by atoms with E-state index >= 15 is 0 Å². The van der Waals surface area contributed by atoms with Gasteiger partial charge in [-0.3, -0.25) is 9.52 Å². The fraction of sp³-hybridized carbons (Fsp3) is 0. The lowest BCUT2D eigenvalue weighted by Crippen LogP contribution is -2.16. The number of amides is 1. The Kier molecular flexibility index (Phi) is 4.89. The number of rotatable bonds is 5. The average Bonchev–Trinajstić information content (AvgIpc) is 3.13. The van der Waals surface area contributed by atoms with Crippen LogP contribution in [0.1, 0.15) is 10.4 Å². The van der Waals surface area contributed by atoms with E-state index < -0.39 is 21.7 Å². The maximum atomic E-state index is 12.8. The molecule has 0 saturated heterocycles. The van der Waals surface area contributed by atoms with Gasteiger partial charge in [-0.15, -0.1) is 0 Å². The number of carbonyl (C=O) groups excluding carboxylic acids is 1. The number of sulfonamides is 1. The normalized spacial score (nSPS) is 11.5. The quantitative estimate of drug-likeness (QED) is 0.372. The minimum atomic E-state index is -4.09. The summed E-state index contributed by atoms with van der Waals surface area (Å²) in [6, 6.07) is 18.8. The number of phenols is 1. The maximum Gasteiger partial charge on any atom is 0.261 e. The molecule has 7 nitrogen and oxygen atoms in total. The lowest BCUT2D eigenvalue weighted by Gasteiger charge is -2.11. The smallest absolute Gasteiger partial charge is 0.261 e. The molecule has 0 aliphatic rings. The summed E-state index contributed by atoms with van der Waals surface area (Å²) >= 11 is 5.86. The van der Waals surface area contributed by atoms with Crippen LogP contribution in [0.4, 0.5) is 5.69 Å². The summed E-state index contributed by atoms with van der Waals surface area (Å²) in [7, 11) is -4.09. The number of hydrogen-bond donors (Lipinski definition) is 4. The van der Waals surface area contributed by atoms with Gasteiger partial charge in [0.2, 0.25) is 0 Å². The zero-order valence-corrected chi connectivity index (χ0v) is 17.0. The molecule has 5 N–H and O–H groups in total. The van der Waals surface area contributed by atoms with Gasteiger partial charge in [-0.25, -0.2) is 8.42 Å². The second-order valence-corrected chi connectivity index (χ2v) is 8.71. The molecule has 0 bridgehead atoms. The first-order valence-electron chi connectivity index (χ1n) is 8.78. The number of aromatic nitrogens is 1. The number of primary amides is 1. The largest absolute Gasteiger partial charge is 0.506 e. The molecule has 4 rings (SSSR count). The summed E-state index contributed by atoms with van der Waals surface area (Å²) in [5.74, 6) is -1.56. The molecule has 0 unspecified atom stereocenters. The number of fused-ring (bicyclic) bond motifs is 1. The first-order chi connectivity index (χ1) is 14.2. The molecule has 1 aromatic heterocycles. The van der Waals surface area contributed by atoms with Crippen molar-refractivity contribution < 1.29 is 18.3 Å². The zero-order valence-electron chi connectivity index (χ0n) is 15.4. The number of anilines is 1. The Morgan fingerprint density at radius 3 is 2.47 bits per heavy atom. The summed E-state index contributed by atoms with van der Waals surface area (Å²) in [5, 5.41) is 10.4. The van der Waals surface area contributed by atoms with E-state index in [2.05, 4.69) is 9.71 Å². The number of nitrogens with two attached hydrogens (primary N) is 1. The van der Waals surface area contributed by atoms with Crippen LogP contribution in [0.15, 0.2) is 71.6 Å². The molecule has 0 spiro atoms. The second kappa shape index (κ2) is 7.40. The monoisotopic (exact) mass is 441 g/mol. The van der Waals surface area contributed by atoms with E-state index in [1.165, 1.54) is 0 Å². The lowest BCUT2D eigenvalue weighted by atomic mass is 10.1. The summed E-state index contributed by atoms with van der Waals surface area (Å²) in [6.07, 6.45) is 0. The van der Waals surface area contributed by atoms with Crippen LogP contribution >= 0.6 is 11.6 Å². The molecule has 9 heteroatoms. The van der Waals surface area contributed by atoms with Crippen molar-refractivity contribution in [1.82, 2.24) is 4.98 Å². The van der Waals surface area contributed by atoms with Gasteiger partial charge in [0.15, 0.2) is 0 Å². The van der Waals surface area contributed by atoms with Crippen molar-refractivity contribution >= 4 is 44.1 Å². The maximum absolute atomic E-state index is 12.8. The van der Waals surface area contributed by atoms with Gasteiger partial charge in [0, 0.05) is 16.6 Å². The number of carbonyl (C=O) groups is 1. The molecule has 30 heavy (non-hydrogen) atoms. The van der Waals surface area contributed by atoms with Gasteiger partial charge in [-0.2, -0.15) is 0 Å². The van der Waals surface area contributed by atoms with Gasteiger partial charge >= 0.3 is 0 Å². The molecule has 4 aromatic rings. The number of benzene rings is 3. The molecular formula is C21H16ClN3O4S. The third kappa shape index (κ3) is 3.70. The molecule has 0 radical (unpaired) electrons. The Morgan fingerprint density at radius 2 is 1.77 bits per heavy atom. The van der Waals surface area contributed by atoms with Gasteiger partial charge in [0.1, 0.15) is 5.75 Å². The van der Waals surface area contributed by atoms with Crippen LogP contribution in [0.25, 0.3) is 22.2 Å². The molecule has 0 fully saturated rings. The number of hydrogen-bond acceptors (Lipinski definition) is 4. The van der Waals surface area contributed by atoms with Crippen molar-refractivity contribution in [2.24, 2.45) is 5.73 Å². The third-order valence-electron chi connectivity index (χ3n) is 4.57. The van der Waals surface area contributed by atoms with Crippen LogP contribution in [0.5, 0.6) is 5.75 Å². The van der Waals surface area contributed by atoms with Crippen molar-refractivity contribution in [2.75, 3.05) is 4.72 Å². The minimum absolute atomic E-state index is 0.293. The number of aromatic amines is 1. The summed E-state index contributed by atoms with van der Waals surface area (Å²) in [6.45, 7) is 0. The topological polar surface area (TPSA) is 125 Å². The van der Waals surface area contributed by atoms with Gasteiger partial charge in [0.05, 0.1) is 21.2 Å². The molecule has 3 aromatic carbocycles. The molecule has 1 amide bonds. The molecule has 152 valence electrons. The fourth-order valence-corrected chi connectivity index (χ4v) is 4.48. The highest BCUT2D eigenvalue weighted by Crippen LogP contribution is 2.32. The van der Waals surface area contributed by atoms with E-state index in [-0.39, 0.29) is 15.5 Å². The van der Waals surface area contributed by atoms with E-state index in [1.54, 1.807) is 18.2 Å². The minimum Gasteiger partial charge on any atom is -0.506 e. The van der Waals surface area contributed by atoms with Crippen LogP contribution in [0.3, 0.4) is 0 Å². The van der Waals surface area contributed by atoms with Gasteiger partial charge in [0.25, 0.3) is 15.9 Å². The Labute approximate surface area is 177 Å². The molecular weight excluding hydrogens is 426 g/mol. The van der Waals surface area contributed by atoms with Crippen LogP contribution in [0, 0.1) is 0 Å². The molecule has 0 saturated carbocycles. The fourth-order valence-electron chi connectivity index (χ4n) is 3.10. The molecule has 0 aliphatic carbocycles. The van der Waals surface area contributed by atoms with Gasteiger partial charge in [-0.1, -0.05) is 48.0 Å². The lowest BCUT2D eigenvalue weighted by molar-refractivity contribution is 0.0997. The van der Waals surface area contributed by atoms with E-state index in [4.69, 9.17) is 17.3 Å². The van der Waals surface area contributed by atoms with Crippen molar-refractivity contribution in [3.63, 3.8) is 0 Å². The van der Waals surface area contributed by atoms with Crippen molar-refractivity contribution in [2.45, 2.75) is 4.90 Å². The summed E-state index contributed by atoms with van der Waals surface area (Å²) < 4.78 is 28.0. The van der Waals surface area contributed by atoms with E-state index in [0.717, 1.165) is 34.3 Å². The summed E-state index contributed by atoms with van der Waals surface area (Å²) in [5.41, 5.74) is 7.78. The number of aromatic hydroxyl groups is 1. The predicted octanol–water partition coefficient (Wildman–Crippen LogP) is 4.09. The Hall–Kier alpha value is -3.49. The highest BCUT2D eigenvalue weighted by Gasteiger charge is 2.21. The number of halogens is 1. The van der Waals surface area contributed by atoms with E-state index in [0.29, 0.717) is 5.69 Å². The molecule has 0 atom stereocenters. The molecule has 0 aliphatic heterocycles. The zero-order chi connectivity index (χ0) is 21.5. The Bertz CT molecular complexity index is 1380. The molecule has 1 heterocycles.